The Bertz CT molecular complexity index is 494. The number of carboxylic acid groups (broad SMARTS) is 1. The number of aliphatic hydroxyl groups is 1. The van der Waals surface area contributed by atoms with E-state index in [1.807, 2.05) is 0 Å². The first-order valence-electron chi connectivity index (χ1n) is 5.98. The van der Waals surface area contributed by atoms with Crippen molar-refractivity contribution in [2.45, 2.75) is 25.0 Å². The number of carboxylic acids is 1. The van der Waals surface area contributed by atoms with Crippen LogP contribution in [0.3, 0.4) is 0 Å². The number of nitrogens with zero attached hydrogens (tertiary/aromatic N) is 1. The van der Waals surface area contributed by atoms with Gasteiger partial charge in [-0.05, 0) is 12.1 Å². The molecule has 0 saturated carbocycles. The fraction of sp³-hybridized carbons (Fsp3) is 0.545. The molecular formula is C11H17N3O6S. The highest BCUT2D eigenvalue weighted by Gasteiger charge is 2.28. The van der Waals surface area contributed by atoms with Crippen LogP contribution in [0.1, 0.15) is 18.4 Å². The lowest BCUT2D eigenvalue weighted by atomic mass is 10.1. The zero-order chi connectivity index (χ0) is 16.0. The number of hydrogen-bond donors (Lipinski definition) is 4. The van der Waals surface area contributed by atoms with Gasteiger partial charge in [-0.3, -0.25) is 4.79 Å². The molecule has 118 valence electrons. The van der Waals surface area contributed by atoms with E-state index in [-0.39, 0.29) is 23.1 Å². The van der Waals surface area contributed by atoms with Crippen molar-refractivity contribution >= 4 is 23.7 Å². The summed E-state index contributed by atoms with van der Waals surface area (Å²) in [5.41, 5.74) is 10.9. The molecule has 1 aromatic rings. The van der Waals surface area contributed by atoms with Crippen molar-refractivity contribution < 1.29 is 29.1 Å². The van der Waals surface area contributed by atoms with Crippen LogP contribution in [-0.4, -0.2) is 51.1 Å². The van der Waals surface area contributed by atoms with E-state index < -0.39 is 30.0 Å². The molecule has 0 aromatic carbocycles. The first-order valence-corrected chi connectivity index (χ1v) is 7.14. The van der Waals surface area contributed by atoms with Crippen molar-refractivity contribution in [2.75, 3.05) is 11.6 Å². The molecule has 1 aromatic heterocycles. The summed E-state index contributed by atoms with van der Waals surface area (Å²) in [7, 11) is 0. The van der Waals surface area contributed by atoms with Crippen LogP contribution in [0.15, 0.2) is 10.8 Å². The number of esters is 1. The van der Waals surface area contributed by atoms with E-state index in [2.05, 4.69) is 9.68 Å². The summed E-state index contributed by atoms with van der Waals surface area (Å²) in [5.74, 6) is -2.85. The molecule has 0 bridgehead atoms. The smallest absolute Gasteiger partial charge is 0.332 e. The van der Waals surface area contributed by atoms with E-state index in [1.165, 1.54) is 18.7 Å². The summed E-state index contributed by atoms with van der Waals surface area (Å²) in [4.78, 5) is 22.7. The number of ether oxygens (including phenoxy) is 1. The molecule has 0 amide bonds. The molecule has 1 rings (SSSR count). The second kappa shape index (κ2) is 7.98. The van der Waals surface area contributed by atoms with E-state index >= 15 is 0 Å². The summed E-state index contributed by atoms with van der Waals surface area (Å²) < 4.78 is 9.50. The molecule has 0 spiro atoms. The van der Waals surface area contributed by atoms with Gasteiger partial charge in [-0.2, -0.15) is 0 Å². The van der Waals surface area contributed by atoms with Gasteiger partial charge in [0.25, 0.3) is 5.88 Å². The van der Waals surface area contributed by atoms with Crippen molar-refractivity contribution in [3.63, 3.8) is 0 Å². The third kappa shape index (κ3) is 4.70. The second-order valence-corrected chi connectivity index (χ2v) is 5.26. The van der Waals surface area contributed by atoms with Gasteiger partial charge in [-0.15, -0.1) is 11.8 Å². The summed E-state index contributed by atoms with van der Waals surface area (Å²) >= 11 is 1.21. The minimum atomic E-state index is -1.30. The zero-order valence-corrected chi connectivity index (χ0v) is 12.1. The largest absolute Gasteiger partial charge is 0.481 e. The zero-order valence-electron chi connectivity index (χ0n) is 11.3. The van der Waals surface area contributed by atoms with Gasteiger partial charge in [-0.1, -0.05) is 0 Å². The third-order valence-electron chi connectivity index (χ3n) is 2.69. The predicted octanol–water partition coefficient (Wildman–Crippen LogP) is -0.894. The van der Waals surface area contributed by atoms with Crippen molar-refractivity contribution in [3.8, 4) is 5.88 Å². The van der Waals surface area contributed by atoms with Crippen LogP contribution in [0.4, 0.5) is 0 Å². The highest BCUT2D eigenvalue weighted by molar-refractivity contribution is 7.99. The van der Waals surface area contributed by atoms with Crippen LogP contribution in [-0.2, 0) is 9.59 Å². The maximum atomic E-state index is 11.8. The minimum absolute atomic E-state index is 0.105. The lowest BCUT2D eigenvalue weighted by Gasteiger charge is -2.16. The van der Waals surface area contributed by atoms with Crippen LogP contribution in [0.2, 0.25) is 0 Å². The number of aliphatic carboxylic acids is 1. The highest BCUT2D eigenvalue weighted by Crippen LogP contribution is 2.25. The molecule has 0 radical (unpaired) electrons. The quantitative estimate of drug-likeness (QED) is 0.349. The Balaban J connectivity index is 2.71. The number of aliphatic hydroxyl groups excluding tert-OH is 1. The summed E-state index contributed by atoms with van der Waals surface area (Å²) in [6.45, 7) is 1.39. The molecule has 6 N–H and O–H groups in total. The first kappa shape index (κ1) is 17.4. The summed E-state index contributed by atoms with van der Waals surface area (Å²) in [5, 5.41) is 22.0. The standard InChI is InChI=1S/C11H17N3O6S/c1-5(10(16)17)6-2-19-14-9(6)20-11(18)8(13)7(15)3-21-4-12/h2,5,7-8,15H,3-4,12-13H2,1H3,(H,16,17). The Labute approximate surface area is 124 Å². The SMILES string of the molecule is CC(C(=O)O)c1conc1OC(=O)C(N)C(O)CSCN. The average molecular weight is 319 g/mol. The molecule has 0 aliphatic heterocycles. The number of hydrogen-bond acceptors (Lipinski definition) is 9. The molecule has 0 aliphatic rings. The molecule has 10 heteroatoms. The van der Waals surface area contributed by atoms with Crippen molar-refractivity contribution in [3.05, 3.63) is 11.8 Å². The van der Waals surface area contributed by atoms with Crippen LogP contribution in [0.25, 0.3) is 0 Å². The minimum Gasteiger partial charge on any atom is -0.481 e. The van der Waals surface area contributed by atoms with E-state index in [1.54, 1.807) is 0 Å². The maximum Gasteiger partial charge on any atom is 0.332 e. The van der Waals surface area contributed by atoms with Gasteiger partial charge in [0.1, 0.15) is 12.3 Å². The monoisotopic (exact) mass is 319 g/mol. The van der Waals surface area contributed by atoms with Crippen LogP contribution in [0.5, 0.6) is 5.88 Å². The van der Waals surface area contributed by atoms with Crippen LogP contribution >= 0.6 is 11.8 Å². The van der Waals surface area contributed by atoms with Gasteiger partial charge in [0, 0.05) is 11.6 Å². The van der Waals surface area contributed by atoms with E-state index in [9.17, 15) is 14.7 Å². The molecule has 0 fully saturated rings. The number of carbonyl (C=O) groups excluding carboxylic acids is 1. The fourth-order valence-electron chi connectivity index (χ4n) is 1.34. The molecule has 0 saturated heterocycles. The first-order chi connectivity index (χ1) is 9.88. The molecule has 3 unspecified atom stereocenters. The van der Waals surface area contributed by atoms with Gasteiger partial charge in [-0.25, -0.2) is 4.79 Å². The van der Waals surface area contributed by atoms with Crippen LogP contribution < -0.4 is 16.2 Å². The second-order valence-electron chi connectivity index (χ2n) is 4.19. The Morgan fingerprint density at radius 3 is 2.81 bits per heavy atom. The van der Waals surface area contributed by atoms with Gasteiger partial charge < -0.3 is 30.9 Å². The predicted molar refractivity (Wildman–Crippen MR) is 73.7 cm³/mol. The Morgan fingerprint density at radius 2 is 2.24 bits per heavy atom. The van der Waals surface area contributed by atoms with E-state index in [0.717, 1.165) is 6.26 Å². The van der Waals surface area contributed by atoms with E-state index in [4.69, 9.17) is 21.3 Å². The summed E-state index contributed by atoms with van der Waals surface area (Å²) in [6, 6.07) is -1.30. The lowest BCUT2D eigenvalue weighted by Crippen LogP contribution is -2.45. The topological polar surface area (TPSA) is 162 Å². The van der Waals surface area contributed by atoms with Crippen molar-refractivity contribution in [1.29, 1.82) is 0 Å². The number of rotatable bonds is 8. The number of carbonyl (C=O) groups is 2. The maximum absolute atomic E-state index is 11.8. The van der Waals surface area contributed by atoms with Gasteiger partial charge in [0.05, 0.1) is 17.6 Å². The lowest BCUT2D eigenvalue weighted by molar-refractivity contribution is -0.140. The van der Waals surface area contributed by atoms with Gasteiger partial charge >= 0.3 is 11.9 Å². The highest BCUT2D eigenvalue weighted by atomic mass is 32.2. The molecule has 9 nitrogen and oxygen atoms in total. The third-order valence-corrected chi connectivity index (χ3v) is 3.50. The van der Waals surface area contributed by atoms with E-state index in [0.29, 0.717) is 0 Å². The van der Waals surface area contributed by atoms with Gasteiger partial charge in [0.2, 0.25) is 0 Å². The molecule has 0 aliphatic carbocycles. The fourth-order valence-corrected chi connectivity index (χ4v) is 1.93. The number of thioether (sulfide) groups is 1. The normalized spacial score (nSPS) is 15.2. The number of nitrogens with two attached hydrogens (primary N) is 2. The molecule has 1 heterocycles. The Kier molecular flexibility index (Phi) is 6.62. The molecular weight excluding hydrogens is 302 g/mol. The van der Waals surface area contributed by atoms with Crippen LogP contribution in [0, 0.1) is 0 Å². The molecule has 21 heavy (non-hydrogen) atoms. The Hall–Kier alpha value is -1.62. The van der Waals surface area contributed by atoms with Gasteiger partial charge in [0.15, 0.2) is 0 Å². The molecule has 3 atom stereocenters. The van der Waals surface area contributed by atoms with Crippen molar-refractivity contribution in [1.82, 2.24) is 5.16 Å². The Morgan fingerprint density at radius 1 is 1.57 bits per heavy atom. The van der Waals surface area contributed by atoms with Crippen molar-refractivity contribution in [2.24, 2.45) is 11.5 Å². The summed E-state index contributed by atoms with van der Waals surface area (Å²) in [6.07, 6.45) is -0.0635. The average Bonchev–Trinajstić information content (AvgIpc) is 2.90. The number of aromatic nitrogens is 1.